The third-order valence-corrected chi connectivity index (χ3v) is 2.66. The average Bonchev–Trinajstić information content (AvgIpc) is 2.16. The van der Waals surface area contributed by atoms with Crippen LogP contribution >= 0.6 is 15.9 Å². The van der Waals surface area contributed by atoms with Crippen molar-refractivity contribution in [3.05, 3.63) is 33.8 Å². The summed E-state index contributed by atoms with van der Waals surface area (Å²) in [4.78, 5) is 10.3. The van der Waals surface area contributed by atoms with Gasteiger partial charge in [-0.05, 0) is 23.6 Å². The molecule has 0 radical (unpaired) electrons. The zero-order valence-electron chi connectivity index (χ0n) is 7.46. The number of carboxylic acid groups (broad SMARTS) is 1. The summed E-state index contributed by atoms with van der Waals surface area (Å²) in [6, 6.07) is 5.23. The standard InChI is InChI=1S/C10H10BrFO2/c11-9-3-1-7(2-4-10(13)14)5-8(9)6-12/h1,3,5H,2,4,6H2,(H,13,14). The fourth-order valence-electron chi connectivity index (χ4n) is 1.14. The van der Waals surface area contributed by atoms with Gasteiger partial charge in [-0.25, -0.2) is 4.39 Å². The molecule has 0 atom stereocenters. The second-order valence-electron chi connectivity index (χ2n) is 2.95. The van der Waals surface area contributed by atoms with Crippen LogP contribution in [0, 0.1) is 0 Å². The normalized spacial score (nSPS) is 10.1. The zero-order valence-corrected chi connectivity index (χ0v) is 9.05. The Hall–Kier alpha value is -0.900. The fraction of sp³-hybridized carbons (Fsp3) is 0.300. The second-order valence-corrected chi connectivity index (χ2v) is 3.81. The van der Waals surface area contributed by atoms with E-state index in [4.69, 9.17) is 5.11 Å². The lowest BCUT2D eigenvalue weighted by molar-refractivity contribution is -0.136. The lowest BCUT2D eigenvalue weighted by Gasteiger charge is -2.03. The summed E-state index contributed by atoms with van der Waals surface area (Å²) in [6.07, 6.45) is 0.517. The molecule has 1 aromatic rings. The molecule has 0 aromatic heterocycles. The van der Waals surface area contributed by atoms with Crippen LogP contribution in [0.3, 0.4) is 0 Å². The van der Waals surface area contributed by atoms with Crippen molar-refractivity contribution < 1.29 is 14.3 Å². The lowest BCUT2D eigenvalue weighted by Crippen LogP contribution is -1.98. The van der Waals surface area contributed by atoms with Gasteiger partial charge >= 0.3 is 5.97 Å². The summed E-state index contributed by atoms with van der Waals surface area (Å²) >= 11 is 3.21. The van der Waals surface area contributed by atoms with Crippen molar-refractivity contribution in [2.75, 3.05) is 0 Å². The number of aryl methyl sites for hydroxylation is 1. The smallest absolute Gasteiger partial charge is 0.303 e. The molecule has 0 heterocycles. The van der Waals surface area contributed by atoms with Crippen LogP contribution in [0.4, 0.5) is 4.39 Å². The largest absolute Gasteiger partial charge is 0.481 e. The van der Waals surface area contributed by atoms with E-state index in [-0.39, 0.29) is 6.42 Å². The van der Waals surface area contributed by atoms with Crippen molar-refractivity contribution >= 4 is 21.9 Å². The van der Waals surface area contributed by atoms with Gasteiger partial charge < -0.3 is 5.11 Å². The van der Waals surface area contributed by atoms with Crippen molar-refractivity contribution in [2.45, 2.75) is 19.5 Å². The molecule has 0 bridgehead atoms. The molecule has 0 unspecified atom stereocenters. The number of carboxylic acids is 1. The van der Waals surface area contributed by atoms with Crippen molar-refractivity contribution in [1.29, 1.82) is 0 Å². The number of rotatable bonds is 4. The van der Waals surface area contributed by atoms with Gasteiger partial charge in [0.25, 0.3) is 0 Å². The monoisotopic (exact) mass is 260 g/mol. The van der Waals surface area contributed by atoms with Crippen molar-refractivity contribution in [1.82, 2.24) is 0 Å². The molecule has 0 aliphatic carbocycles. The van der Waals surface area contributed by atoms with Crippen LogP contribution in [0.1, 0.15) is 17.5 Å². The van der Waals surface area contributed by atoms with Gasteiger partial charge in [-0.2, -0.15) is 0 Å². The fourth-order valence-corrected chi connectivity index (χ4v) is 1.49. The molecule has 76 valence electrons. The van der Waals surface area contributed by atoms with E-state index in [0.717, 1.165) is 10.0 Å². The predicted octanol–water partition coefficient (Wildman–Crippen LogP) is 2.94. The van der Waals surface area contributed by atoms with Crippen molar-refractivity contribution in [2.24, 2.45) is 0 Å². The van der Waals surface area contributed by atoms with E-state index in [1.165, 1.54) is 0 Å². The number of benzene rings is 1. The Kier molecular flexibility index (Phi) is 4.07. The van der Waals surface area contributed by atoms with Gasteiger partial charge in [-0.1, -0.05) is 28.1 Å². The molecule has 1 N–H and O–H groups in total. The van der Waals surface area contributed by atoms with Crippen LogP contribution < -0.4 is 0 Å². The van der Waals surface area contributed by atoms with Crippen molar-refractivity contribution in [3.63, 3.8) is 0 Å². The molecule has 0 aliphatic rings. The zero-order chi connectivity index (χ0) is 10.6. The topological polar surface area (TPSA) is 37.3 Å². The molecular formula is C10H10BrFO2. The van der Waals surface area contributed by atoms with E-state index in [2.05, 4.69) is 15.9 Å². The van der Waals surface area contributed by atoms with Crippen LogP contribution in [-0.4, -0.2) is 11.1 Å². The summed E-state index contributed by atoms with van der Waals surface area (Å²) in [5.41, 5.74) is 1.41. The van der Waals surface area contributed by atoms with E-state index in [0.29, 0.717) is 12.0 Å². The Balaban J connectivity index is 2.74. The molecule has 0 aliphatic heterocycles. The van der Waals surface area contributed by atoms with Gasteiger partial charge in [0, 0.05) is 10.9 Å². The highest BCUT2D eigenvalue weighted by molar-refractivity contribution is 9.10. The van der Waals surface area contributed by atoms with Gasteiger partial charge in [-0.15, -0.1) is 0 Å². The maximum absolute atomic E-state index is 12.4. The maximum Gasteiger partial charge on any atom is 0.303 e. The number of hydrogen-bond donors (Lipinski definition) is 1. The first kappa shape index (κ1) is 11.2. The Morgan fingerprint density at radius 2 is 2.21 bits per heavy atom. The molecule has 4 heteroatoms. The number of alkyl halides is 1. The highest BCUT2D eigenvalue weighted by Crippen LogP contribution is 2.20. The molecule has 0 saturated carbocycles. The molecule has 14 heavy (non-hydrogen) atoms. The Morgan fingerprint density at radius 1 is 1.50 bits per heavy atom. The summed E-state index contributed by atoms with van der Waals surface area (Å²) in [7, 11) is 0. The van der Waals surface area contributed by atoms with Gasteiger partial charge in [0.15, 0.2) is 0 Å². The van der Waals surface area contributed by atoms with Crippen LogP contribution in [0.5, 0.6) is 0 Å². The summed E-state index contributed by atoms with van der Waals surface area (Å²) < 4.78 is 13.1. The van der Waals surface area contributed by atoms with Gasteiger partial charge in [-0.3, -0.25) is 4.79 Å². The minimum absolute atomic E-state index is 0.0767. The van der Waals surface area contributed by atoms with Crippen molar-refractivity contribution in [3.8, 4) is 0 Å². The van der Waals surface area contributed by atoms with Gasteiger partial charge in [0.05, 0.1) is 0 Å². The Labute approximate surface area is 89.9 Å². The molecule has 2 nitrogen and oxygen atoms in total. The molecule has 1 aromatic carbocycles. The van der Waals surface area contributed by atoms with Crippen LogP contribution in [0.2, 0.25) is 0 Å². The minimum Gasteiger partial charge on any atom is -0.481 e. The number of aliphatic carboxylic acids is 1. The summed E-state index contributed by atoms with van der Waals surface area (Å²) in [6.45, 7) is -0.540. The highest BCUT2D eigenvalue weighted by Gasteiger charge is 2.03. The molecule has 0 amide bonds. The van der Waals surface area contributed by atoms with Gasteiger partial charge in [0.2, 0.25) is 0 Å². The van der Waals surface area contributed by atoms with E-state index < -0.39 is 12.6 Å². The summed E-state index contributed by atoms with van der Waals surface area (Å²) in [5.74, 6) is -0.838. The number of halogens is 2. The molecular weight excluding hydrogens is 251 g/mol. The Morgan fingerprint density at radius 3 is 2.79 bits per heavy atom. The van der Waals surface area contributed by atoms with Crippen LogP contribution in [0.25, 0.3) is 0 Å². The van der Waals surface area contributed by atoms with E-state index in [1.54, 1.807) is 18.2 Å². The van der Waals surface area contributed by atoms with E-state index in [9.17, 15) is 9.18 Å². The lowest BCUT2D eigenvalue weighted by atomic mass is 10.1. The SMILES string of the molecule is O=C(O)CCc1ccc(Br)c(CF)c1. The average molecular weight is 261 g/mol. The predicted molar refractivity (Wildman–Crippen MR) is 54.9 cm³/mol. The third-order valence-electron chi connectivity index (χ3n) is 1.88. The first-order valence-corrected chi connectivity index (χ1v) is 4.98. The number of carbonyl (C=O) groups is 1. The van der Waals surface area contributed by atoms with E-state index in [1.807, 2.05) is 0 Å². The van der Waals surface area contributed by atoms with E-state index >= 15 is 0 Å². The van der Waals surface area contributed by atoms with Crippen LogP contribution in [0.15, 0.2) is 22.7 Å². The number of hydrogen-bond acceptors (Lipinski definition) is 1. The third kappa shape index (κ3) is 3.10. The second kappa shape index (κ2) is 5.10. The first-order chi connectivity index (χ1) is 6.63. The molecule has 0 fully saturated rings. The first-order valence-electron chi connectivity index (χ1n) is 4.18. The maximum atomic E-state index is 12.4. The Bertz CT molecular complexity index is 339. The highest BCUT2D eigenvalue weighted by atomic mass is 79.9. The minimum atomic E-state index is -0.838. The van der Waals surface area contributed by atoms with Crippen LogP contribution in [-0.2, 0) is 17.9 Å². The quantitative estimate of drug-likeness (QED) is 0.904. The summed E-state index contributed by atoms with van der Waals surface area (Å²) in [5, 5.41) is 8.47. The molecule has 1 rings (SSSR count). The molecule has 0 saturated heterocycles. The van der Waals surface area contributed by atoms with Gasteiger partial charge in [0.1, 0.15) is 6.67 Å². The molecule has 0 spiro atoms.